The Morgan fingerprint density at radius 3 is 1.90 bits per heavy atom. The van der Waals surface area contributed by atoms with Crippen LogP contribution in [-0.4, -0.2) is 8.42 Å². The molecule has 0 saturated heterocycles. The average Bonchev–Trinajstić information content (AvgIpc) is 3.32. The van der Waals surface area contributed by atoms with E-state index in [1.807, 2.05) is 12.1 Å². The topological polar surface area (TPSA) is 34.1 Å². The van der Waals surface area contributed by atoms with Gasteiger partial charge in [-0.2, -0.15) is 0 Å². The van der Waals surface area contributed by atoms with Gasteiger partial charge in [-0.25, -0.2) is 8.42 Å². The van der Waals surface area contributed by atoms with Crippen molar-refractivity contribution >= 4 is 41.7 Å². The molecule has 213 valence electrons. The average molecular weight is 686 g/mol. The fourth-order valence-electron chi connectivity index (χ4n) is 6.98. The molecule has 2 aliphatic rings. The molecule has 0 aromatic heterocycles. The Bertz CT molecular complexity index is 1460. The van der Waals surface area contributed by atoms with Crippen LogP contribution in [0.3, 0.4) is 0 Å². The van der Waals surface area contributed by atoms with Gasteiger partial charge in [0, 0.05) is 25.5 Å². The van der Waals surface area contributed by atoms with E-state index in [0.29, 0.717) is 15.4 Å². The number of sulfone groups is 1. The zero-order valence-corrected chi connectivity index (χ0v) is 27.9. The van der Waals surface area contributed by atoms with Gasteiger partial charge in [-0.1, -0.05) is 129 Å². The highest BCUT2D eigenvalue weighted by molar-refractivity contribution is 9.10. The van der Waals surface area contributed by atoms with Gasteiger partial charge >= 0.3 is 0 Å². The van der Waals surface area contributed by atoms with Crippen LogP contribution in [0, 0.1) is 6.07 Å². The summed E-state index contributed by atoms with van der Waals surface area (Å²) >= 11 is 7.24. The second-order valence-corrected chi connectivity index (χ2v) is 15.5. The lowest BCUT2D eigenvalue weighted by atomic mass is 9.70. The highest BCUT2D eigenvalue weighted by atomic mass is 79.9. The normalized spacial score (nSPS) is 15.5. The van der Waals surface area contributed by atoms with Crippen LogP contribution in [0.1, 0.15) is 115 Å². The number of rotatable bonds is 14. The first-order chi connectivity index (χ1) is 19.3. The molecule has 3 aromatic rings. The minimum absolute atomic E-state index is 0.0964. The fourth-order valence-corrected chi connectivity index (χ4v) is 9.51. The number of fused-ring (bicyclic) bond motifs is 6. The molecule has 0 bridgehead atoms. The second kappa shape index (κ2) is 12.8. The molecule has 2 nitrogen and oxygen atoms in total. The van der Waals surface area contributed by atoms with Gasteiger partial charge in [0.15, 0.2) is 0 Å². The summed E-state index contributed by atoms with van der Waals surface area (Å²) in [6.07, 6.45) is 17.5. The lowest BCUT2D eigenvalue weighted by Gasteiger charge is -2.33. The van der Waals surface area contributed by atoms with E-state index in [1.165, 1.54) is 93.7 Å². The maximum absolute atomic E-state index is 13.7. The highest BCUT2D eigenvalue weighted by Gasteiger charge is 2.45. The van der Waals surface area contributed by atoms with Crippen molar-refractivity contribution in [1.82, 2.24) is 0 Å². The van der Waals surface area contributed by atoms with Crippen molar-refractivity contribution in [3.63, 3.8) is 0 Å². The van der Waals surface area contributed by atoms with Gasteiger partial charge in [0.25, 0.3) is 0 Å². The lowest BCUT2D eigenvalue weighted by molar-refractivity contribution is 0.397. The number of hydrogen-bond acceptors (Lipinski definition) is 2. The molecule has 3 aromatic carbocycles. The van der Waals surface area contributed by atoms with Crippen molar-refractivity contribution in [1.29, 1.82) is 0 Å². The minimum Gasteiger partial charge on any atom is -0.218 e. The highest BCUT2D eigenvalue weighted by Crippen LogP contribution is 2.58. The van der Waals surface area contributed by atoms with Gasteiger partial charge in [-0.3, -0.25) is 0 Å². The fraction of sp³-hybridized carbons (Fsp3) is 0.486. The Labute approximate surface area is 258 Å². The Morgan fingerprint density at radius 2 is 1.25 bits per heavy atom. The zero-order chi connectivity index (χ0) is 28.3. The number of benzene rings is 3. The summed E-state index contributed by atoms with van der Waals surface area (Å²) in [7, 11) is -3.59. The molecule has 5 rings (SSSR count). The van der Waals surface area contributed by atoms with Crippen LogP contribution >= 0.6 is 31.9 Å². The van der Waals surface area contributed by atoms with Crippen molar-refractivity contribution in [3.05, 3.63) is 68.6 Å². The summed E-state index contributed by atoms with van der Waals surface area (Å²) in [5.74, 6) is 0. The van der Waals surface area contributed by atoms with E-state index < -0.39 is 9.84 Å². The number of unbranched alkanes of at least 4 members (excludes halogenated alkanes) is 10. The van der Waals surface area contributed by atoms with Gasteiger partial charge in [-0.15, -0.1) is 0 Å². The van der Waals surface area contributed by atoms with E-state index in [-0.39, 0.29) is 5.41 Å². The standard InChI is InChI=1S/C35H41Br2O2S/c1-3-5-7-9-11-13-19-35(20-14-12-10-8-6-4-2)31-21-25(36)15-17-27(31)29-24-34-30(23-32(29)35)28-18-16-26(37)22-33(28)40(34,38)39/h15-17,21-24H,3-14,19-20H2,1-2H3. The Morgan fingerprint density at radius 1 is 0.650 bits per heavy atom. The molecule has 1 aliphatic carbocycles. The molecule has 0 fully saturated rings. The van der Waals surface area contributed by atoms with E-state index in [0.717, 1.165) is 32.9 Å². The van der Waals surface area contributed by atoms with Crippen LogP contribution < -0.4 is 0 Å². The molecule has 40 heavy (non-hydrogen) atoms. The third kappa shape index (κ3) is 5.64. The Kier molecular flexibility index (Phi) is 9.64. The van der Waals surface area contributed by atoms with Gasteiger partial charge in [-0.05, 0) is 77.6 Å². The van der Waals surface area contributed by atoms with Crippen molar-refractivity contribution in [2.75, 3.05) is 0 Å². The second-order valence-electron chi connectivity index (χ2n) is 11.8. The predicted molar refractivity (Wildman–Crippen MR) is 174 cm³/mol. The lowest BCUT2D eigenvalue weighted by Crippen LogP contribution is -2.25. The summed E-state index contributed by atoms with van der Waals surface area (Å²) in [5.41, 5.74) is 6.44. The smallest absolute Gasteiger partial charge is 0.207 e. The minimum atomic E-state index is -3.59. The maximum atomic E-state index is 13.7. The summed E-state index contributed by atoms with van der Waals surface area (Å²) in [6, 6.07) is 17.7. The van der Waals surface area contributed by atoms with Crippen LogP contribution in [0.5, 0.6) is 0 Å². The molecule has 0 unspecified atom stereocenters. The van der Waals surface area contributed by atoms with E-state index >= 15 is 0 Å². The van der Waals surface area contributed by atoms with Crippen LogP contribution in [0.25, 0.3) is 22.3 Å². The quantitative estimate of drug-likeness (QED) is 0.124. The van der Waals surface area contributed by atoms with Crippen LogP contribution in [0.2, 0.25) is 0 Å². The molecule has 0 saturated carbocycles. The van der Waals surface area contributed by atoms with Crippen LogP contribution in [0.4, 0.5) is 0 Å². The van der Waals surface area contributed by atoms with Gasteiger partial charge in [0.05, 0.1) is 9.79 Å². The number of halogens is 2. The molecular weight excluding hydrogens is 644 g/mol. The molecule has 0 atom stereocenters. The summed E-state index contributed by atoms with van der Waals surface area (Å²) in [4.78, 5) is 0.799. The van der Waals surface area contributed by atoms with Crippen molar-refractivity contribution in [2.45, 2.75) is 119 Å². The molecule has 5 heteroatoms. The SMILES string of the molecule is CCCCCCCCC1(CCCCCCCC)c2cc(Br)ccc2-c2cc3c(cc21)-c1[c]cc(Br)cc1S3(=O)=O. The summed E-state index contributed by atoms with van der Waals surface area (Å²) in [5, 5.41) is 0. The molecule has 0 amide bonds. The molecule has 0 spiro atoms. The van der Waals surface area contributed by atoms with E-state index in [2.05, 4.69) is 76.0 Å². The van der Waals surface area contributed by atoms with Crippen molar-refractivity contribution in [2.24, 2.45) is 0 Å². The first-order valence-corrected chi connectivity index (χ1v) is 18.4. The van der Waals surface area contributed by atoms with E-state index in [4.69, 9.17) is 0 Å². The first kappa shape index (κ1) is 30.0. The van der Waals surface area contributed by atoms with E-state index in [9.17, 15) is 8.42 Å². The maximum Gasteiger partial charge on any atom is 0.207 e. The van der Waals surface area contributed by atoms with E-state index in [1.54, 1.807) is 6.07 Å². The predicted octanol–water partition coefficient (Wildman–Crippen LogP) is 11.6. The van der Waals surface area contributed by atoms with Gasteiger partial charge < -0.3 is 0 Å². The molecule has 0 N–H and O–H groups in total. The molecule has 1 heterocycles. The van der Waals surface area contributed by atoms with Crippen LogP contribution in [-0.2, 0) is 15.3 Å². The monoisotopic (exact) mass is 683 g/mol. The van der Waals surface area contributed by atoms with Gasteiger partial charge in [0.2, 0.25) is 9.84 Å². The molecular formula is C35H41Br2O2S. The zero-order valence-electron chi connectivity index (χ0n) is 23.9. The Hall–Kier alpha value is -1.43. The third-order valence-corrected chi connectivity index (χ3v) is 11.8. The first-order valence-electron chi connectivity index (χ1n) is 15.3. The van der Waals surface area contributed by atoms with Crippen LogP contribution in [0.15, 0.2) is 61.2 Å². The van der Waals surface area contributed by atoms with Crippen molar-refractivity contribution < 1.29 is 8.42 Å². The molecule has 1 aliphatic heterocycles. The van der Waals surface area contributed by atoms with Gasteiger partial charge in [0.1, 0.15) is 0 Å². The Balaban J connectivity index is 1.59. The summed E-state index contributed by atoms with van der Waals surface area (Å²) < 4.78 is 29.2. The number of hydrogen-bond donors (Lipinski definition) is 0. The molecule has 1 radical (unpaired) electrons. The summed E-state index contributed by atoms with van der Waals surface area (Å²) in [6.45, 7) is 4.54. The third-order valence-electron chi connectivity index (χ3n) is 9.06. The largest absolute Gasteiger partial charge is 0.218 e. The van der Waals surface area contributed by atoms with Crippen molar-refractivity contribution in [3.8, 4) is 22.3 Å².